The molecule has 0 amide bonds. The SMILES string of the molecule is CCNC(=NCCc1ccc(OC)c(OC)c1OC)N(C)Cc1csc(C)n1. The van der Waals surface area contributed by atoms with Gasteiger partial charge in [-0.25, -0.2) is 4.98 Å². The fourth-order valence-corrected chi connectivity index (χ4v) is 3.51. The van der Waals surface area contributed by atoms with Gasteiger partial charge in [-0.15, -0.1) is 11.3 Å². The molecule has 154 valence electrons. The number of guanidine groups is 1. The standard InChI is InChI=1S/C20H30N4O3S/c1-7-21-20(24(3)12-16-13-28-14(2)23-16)22-11-10-15-8-9-17(25-4)19(27-6)18(15)26-5/h8-9,13H,7,10-12H2,1-6H3,(H,21,22). The van der Waals surface area contributed by atoms with Crippen molar-refractivity contribution in [3.8, 4) is 17.2 Å². The minimum Gasteiger partial charge on any atom is -0.493 e. The van der Waals surface area contributed by atoms with Crippen molar-refractivity contribution < 1.29 is 14.2 Å². The van der Waals surface area contributed by atoms with E-state index in [4.69, 9.17) is 19.2 Å². The number of rotatable bonds is 9. The second-order valence-corrected chi connectivity index (χ2v) is 7.26. The third kappa shape index (κ3) is 5.51. The number of thiazole rings is 1. The Hall–Kier alpha value is -2.48. The minimum absolute atomic E-state index is 0.606. The van der Waals surface area contributed by atoms with Crippen LogP contribution in [0.3, 0.4) is 0 Å². The summed E-state index contributed by atoms with van der Waals surface area (Å²) in [6.07, 6.45) is 0.724. The van der Waals surface area contributed by atoms with Crippen molar-refractivity contribution in [2.24, 2.45) is 4.99 Å². The molecule has 0 aliphatic carbocycles. The van der Waals surface area contributed by atoms with E-state index in [0.717, 1.165) is 41.7 Å². The highest BCUT2D eigenvalue weighted by atomic mass is 32.1. The number of methoxy groups -OCH3 is 3. The van der Waals surface area contributed by atoms with E-state index >= 15 is 0 Å². The summed E-state index contributed by atoms with van der Waals surface area (Å²) in [5.41, 5.74) is 2.08. The van der Waals surface area contributed by atoms with Gasteiger partial charge >= 0.3 is 0 Å². The summed E-state index contributed by atoms with van der Waals surface area (Å²) in [7, 11) is 6.88. The highest BCUT2D eigenvalue weighted by Crippen LogP contribution is 2.39. The fourth-order valence-electron chi connectivity index (χ4n) is 2.91. The minimum atomic E-state index is 0.606. The van der Waals surface area contributed by atoms with Gasteiger partial charge in [-0.05, 0) is 26.3 Å². The number of nitrogens with one attached hydrogen (secondary N) is 1. The molecule has 0 saturated carbocycles. The van der Waals surface area contributed by atoms with E-state index in [1.807, 2.05) is 26.1 Å². The molecule has 0 aliphatic rings. The lowest BCUT2D eigenvalue weighted by molar-refractivity contribution is 0.322. The summed E-state index contributed by atoms with van der Waals surface area (Å²) < 4.78 is 16.4. The van der Waals surface area contributed by atoms with Gasteiger partial charge in [-0.3, -0.25) is 4.99 Å². The molecule has 0 aliphatic heterocycles. The van der Waals surface area contributed by atoms with E-state index in [1.165, 1.54) is 0 Å². The van der Waals surface area contributed by atoms with Crippen molar-refractivity contribution in [1.29, 1.82) is 0 Å². The van der Waals surface area contributed by atoms with Gasteiger partial charge in [0.25, 0.3) is 0 Å². The topological polar surface area (TPSA) is 68.2 Å². The zero-order valence-electron chi connectivity index (χ0n) is 17.5. The molecule has 28 heavy (non-hydrogen) atoms. The quantitative estimate of drug-likeness (QED) is 0.510. The first kappa shape index (κ1) is 21.8. The Morgan fingerprint density at radius 1 is 1.18 bits per heavy atom. The summed E-state index contributed by atoms with van der Waals surface area (Å²) >= 11 is 1.66. The molecule has 7 nitrogen and oxygen atoms in total. The maximum Gasteiger partial charge on any atom is 0.203 e. The van der Waals surface area contributed by atoms with Crippen LogP contribution in [0, 0.1) is 6.92 Å². The second kappa shape index (κ2) is 10.8. The van der Waals surface area contributed by atoms with Gasteiger partial charge < -0.3 is 24.4 Å². The average Bonchev–Trinajstić information content (AvgIpc) is 3.10. The number of aliphatic imine (C=N–C) groups is 1. The third-order valence-corrected chi connectivity index (χ3v) is 5.01. The van der Waals surface area contributed by atoms with Crippen LogP contribution < -0.4 is 19.5 Å². The Kier molecular flexibility index (Phi) is 8.38. The van der Waals surface area contributed by atoms with Gasteiger partial charge in [0.15, 0.2) is 17.5 Å². The number of aryl methyl sites for hydroxylation is 1. The van der Waals surface area contributed by atoms with E-state index in [1.54, 1.807) is 32.7 Å². The molecular formula is C20H30N4O3S. The zero-order valence-corrected chi connectivity index (χ0v) is 18.4. The summed E-state index contributed by atoms with van der Waals surface area (Å²) in [5.74, 6) is 2.80. The average molecular weight is 407 g/mol. The maximum atomic E-state index is 5.56. The van der Waals surface area contributed by atoms with Gasteiger partial charge in [0.2, 0.25) is 5.75 Å². The van der Waals surface area contributed by atoms with Crippen LogP contribution in [-0.2, 0) is 13.0 Å². The Morgan fingerprint density at radius 2 is 1.93 bits per heavy atom. The number of nitrogens with zero attached hydrogens (tertiary/aromatic N) is 3. The molecule has 0 bridgehead atoms. The van der Waals surface area contributed by atoms with Gasteiger partial charge in [0, 0.05) is 31.1 Å². The Bertz CT molecular complexity index is 792. The summed E-state index contributed by atoms with van der Waals surface area (Å²) in [5, 5.41) is 6.50. The highest BCUT2D eigenvalue weighted by molar-refractivity contribution is 7.09. The van der Waals surface area contributed by atoms with Crippen LogP contribution in [0.1, 0.15) is 23.2 Å². The van der Waals surface area contributed by atoms with Crippen LogP contribution in [0.2, 0.25) is 0 Å². The smallest absolute Gasteiger partial charge is 0.203 e. The summed E-state index contributed by atoms with van der Waals surface area (Å²) in [6.45, 7) is 6.22. The largest absolute Gasteiger partial charge is 0.493 e. The fraction of sp³-hybridized carbons (Fsp3) is 0.500. The molecule has 2 rings (SSSR count). The molecule has 1 N–H and O–H groups in total. The Balaban J connectivity index is 2.11. The van der Waals surface area contributed by atoms with Crippen molar-refractivity contribution in [2.45, 2.75) is 26.8 Å². The predicted octanol–water partition coefficient (Wildman–Crippen LogP) is 3.12. The van der Waals surface area contributed by atoms with Crippen molar-refractivity contribution >= 4 is 17.3 Å². The molecule has 1 aromatic heterocycles. The zero-order chi connectivity index (χ0) is 20.5. The Labute approximate surface area is 171 Å². The molecule has 8 heteroatoms. The summed E-state index contributed by atoms with van der Waals surface area (Å²) in [4.78, 5) is 11.4. The van der Waals surface area contributed by atoms with Crippen molar-refractivity contribution in [2.75, 3.05) is 41.5 Å². The Morgan fingerprint density at radius 3 is 2.50 bits per heavy atom. The van der Waals surface area contributed by atoms with Crippen LogP contribution in [-0.4, -0.2) is 57.3 Å². The van der Waals surface area contributed by atoms with Crippen molar-refractivity contribution in [3.63, 3.8) is 0 Å². The van der Waals surface area contributed by atoms with Gasteiger partial charge in [0.05, 0.1) is 38.6 Å². The first-order valence-corrected chi connectivity index (χ1v) is 10.1. The van der Waals surface area contributed by atoms with Crippen molar-refractivity contribution in [3.05, 3.63) is 33.8 Å². The van der Waals surface area contributed by atoms with Crippen LogP contribution in [0.25, 0.3) is 0 Å². The van der Waals surface area contributed by atoms with Crippen LogP contribution in [0.4, 0.5) is 0 Å². The number of hydrogen-bond acceptors (Lipinski definition) is 6. The first-order chi connectivity index (χ1) is 13.5. The van der Waals surface area contributed by atoms with E-state index < -0.39 is 0 Å². The molecule has 0 fully saturated rings. The van der Waals surface area contributed by atoms with Gasteiger partial charge in [0.1, 0.15) is 0 Å². The monoisotopic (exact) mass is 406 g/mol. The van der Waals surface area contributed by atoms with Gasteiger partial charge in [-0.2, -0.15) is 0 Å². The predicted molar refractivity (Wildman–Crippen MR) is 114 cm³/mol. The van der Waals surface area contributed by atoms with Gasteiger partial charge in [-0.1, -0.05) is 6.07 Å². The molecule has 0 unspecified atom stereocenters. The molecule has 2 aromatic rings. The highest BCUT2D eigenvalue weighted by Gasteiger charge is 2.15. The molecule has 1 aromatic carbocycles. The normalized spacial score (nSPS) is 11.3. The van der Waals surface area contributed by atoms with Crippen LogP contribution in [0.5, 0.6) is 17.2 Å². The third-order valence-electron chi connectivity index (χ3n) is 4.19. The van der Waals surface area contributed by atoms with Crippen LogP contribution in [0.15, 0.2) is 22.5 Å². The molecule has 0 saturated heterocycles. The van der Waals surface area contributed by atoms with E-state index in [9.17, 15) is 0 Å². The summed E-state index contributed by atoms with van der Waals surface area (Å²) in [6, 6.07) is 3.88. The molecule has 1 heterocycles. The number of aromatic nitrogens is 1. The van der Waals surface area contributed by atoms with E-state index in [0.29, 0.717) is 23.8 Å². The van der Waals surface area contributed by atoms with E-state index in [-0.39, 0.29) is 0 Å². The number of ether oxygens (including phenoxy) is 3. The lowest BCUT2D eigenvalue weighted by Crippen LogP contribution is -2.38. The molecular weight excluding hydrogens is 376 g/mol. The van der Waals surface area contributed by atoms with Crippen LogP contribution >= 0.6 is 11.3 Å². The maximum absolute atomic E-state index is 5.56. The first-order valence-electron chi connectivity index (χ1n) is 9.22. The lowest BCUT2D eigenvalue weighted by Gasteiger charge is -2.21. The molecule has 0 radical (unpaired) electrons. The molecule has 0 spiro atoms. The van der Waals surface area contributed by atoms with Crippen molar-refractivity contribution in [1.82, 2.24) is 15.2 Å². The molecule has 0 atom stereocenters. The lowest BCUT2D eigenvalue weighted by atomic mass is 10.1. The second-order valence-electron chi connectivity index (χ2n) is 6.19. The number of benzene rings is 1. The van der Waals surface area contributed by atoms with E-state index in [2.05, 4.69) is 27.5 Å². The number of hydrogen-bond donors (Lipinski definition) is 1.